The second-order valence-electron chi connectivity index (χ2n) is 4.95. The normalized spacial score (nSPS) is 30.4. The summed E-state index contributed by atoms with van der Waals surface area (Å²) < 4.78 is 25.8. The van der Waals surface area contributed by atoms with Gasteiger partial charge in [0.1, 0.15) is 6.10 Å². The minimum Gasteiger partial charge on any atom is -0.456 e. The van der Waals surface area contributed by atoms with Gasteiger partial charge in [0.25, 0.3) is 0 Å². The lowest BCUT2D eigenvalue weighted by atomic mass is 9.98. The van der Waals surface area contributed by atoms with Crippen molar-refractivity contribution >= 4 is 17.9 Å². The van der Waals surface area contributed by atoms with E-state index < -0.39 is 48.6 Å². The number of carbonyl (C=O) groups excluding carboxylic acids is 3. The molecule has 1 aliphatic heterocycles. The average Bonchev–Trinajstić information content (AvgIpc) is 2.42. The van der Waals surface area contributed by atoms with Gasteiger partial charge in [-0.05, 0) is 6.92 Å². The first-order valence-electron chi connectivity index (χ1n) is 7.19. The third-order valence-corrected chi connectivity index (χ3v) is 3.00. The van der Waals surface area contributed by atoms with Crippen LogP contribution in [0.1, 0.15) is 27.7 Å². The first kappa shape index (κ1) is 19.3. The van der Waals surface area contributed by atoms with E-state index in [1.807, 2.05) is 0 Å². The van der Waals surface area contributed by atoms with Gasteiger partial charge in [-0.1, -0.05) is 0 Å². The highest BCUT2D eigenvalue weighted by Gasteiger charge is 2.51. The minimum atomic E-state index is -1.56. The van der Waals surface area contributed by atoms with E-state index in [0.29, 0.717) is 6.61 Å². The van der Waals surface area contributed by atoms with Crippen LogP contribution in [-0.2, 0) is 38.1 Å². The molecule has 0 spiro atoms. The Bertz CT molecular complexity index is 436. The highest BCUT2D eigenvalue weighted by atomic mass is 16.7. The zero-order chi connectivity index (χ0) is 17.6. The van der Waals surface area contributed by atoms with Gasteiger partial charge in [0.05, 0.1) is 6.61 Å². The van der Waals surface area contributed by atoms with Crippen LogP contribution >= 0.6 is 0 Å². The first-order chi connectivity index (χ1) is 10.8. The molecule has 1 rings (SSSR count). The molecule has 1 saturated heterocycles. The van der Waals surface area contributed by atoms with Gasteiger partial charge < -0.3 is 28.8 Å². The molecular weight excluding hydrogens is 312 g/mol. The van der Waals surface area contributed by atoms with E-state index in [9.17, 15) is 19.5 Å². The Kier molecular flexibility index (Phi) is 7.40. The van der Waals surface area contributed by atoms with Gasteiger partial charge in [0, 0.05) is 27.4 Å². The summed E-state index contributed by atoms with van der Waals surface area (Å²) in [5.74, 6) is -2.04. The maximum Gasteiger partial charge on any atom is 0.303 e. The number of ether oxygens (including phenoxy) is 5. The third-order valence-electron chi connectivity index (χ3n) is 3.00. The van der Waals surface area contributed by atoms with Crippen molar-refractivity contribution in [2.45, 2.75) is 58.4 Å². The molecule has 0 aromatic heterocycles. The van der Waals surface area contributed by atoms with Gasteiger partial charge in [0.2, 0.25) is 0 Å². The van der Waals surface area contributed by atoms with Crippen molar-refractivity contribution in [3.8, 4) is 0 Å². The molecule has 0 amide bonds. The van der Waals surface area contributed by atoms with Crippen LogP contribution < -0.4 is 0 Å². The van der Waals surface area contributed by atoms with Crippen molar-refractivity contribution < 1.29 is 43.2 Å². The van der Waals surface area contributed by atoms with Crippen LogP contribution in [0.15, 0.2) is 0 Å². The largest absolute Gasteiger partial charge is 0.456 e. The average molecular weight is 334 g/mol. The predicted octanol–water partition coefficient (Wildman–Crippen LogP) is -0.465. The van der Waals surface area contributed by atoms with Crippen LogP contribution in [0.25, 0.3) is 0 Å². The van der Waals surface area contributed by atoms with Gasteiger partial charge in [-0.15, -0.1) is 0 Å². The number of esters is 3. The molecular formula is C14H22O9. The van der Waals surface area contributed by atoms with Gasteiger partial charge in [-0.3, -0.25) is 14.4 Å². The summed E-state index contributed by atoms with van der Waals surface area (Å²) in [5, 5.41) is 10.0. The van der Waals surface area contributed by atoms with Crippen LogP contribution in [-0.4, -0.2) is 66.9 Å². The number of aliphatic hydroxyl groups is 1. The fourth-order valence-electron chi connectivity index (χ4n) is 2.24. The molecule has 5 atom stereocenters. The van der Waals surface area contributed by atoms with Crippen LogP contribution in [0.2, 0.25) is 0 Å². The molecule has 1 N–H and O–H groups in total. The molecule has 1 aliphatic rings. The van der Waals surface area contributed by atoms with Crippen molar-refractivity contribution in [3.63, 3.8) is 0 Å². The van der Waals surface area contributed by atoms with E-state index in [4.69, 9.17) is 23.7 Å². The summed E-state index contributed by atoms with van der Waals surface area (Å²) in [4.78, 5) is 33.9. The maximum absolute atomic E-state index is 11.3. The maximum atomic E-state index is 11.3. The molecule has 0 unspecified atom stereocenters. The summed E-state index contributed by atoms with van der Waals surface area (Å²) in [6, 6.07) is 0. The van der Waals surface area contributed by atoms with Gasteiger partial charge in [0.15, 0.2) is 24.6 Å². The molecule has 1 heterocycles. The van der Waals surface area contributed by atoms with Crippen LogP contribution in [0, 0.1) is 0 Å². The molecule has 0 aromatic carbocycles. The van der Waals surface area contributed by atoms with Crippen molar-refractivity contribution in [2.24, 2.45) is 0 Å². The molecule has 0 saturated carbocycles. The molecule has 0 aliphatic carbocycles. The zero-order valence-corrected chi connectivity index (χ0v) is 13.5. The summed E-state index contributed by atoms with van der Waals surface area (Å²) in [6.45, 7) is 5.57. The predicted molar refractivity (Wildman–Crippen MR) is 74.0 cm³/mol. The summed E-state index contributed by atoms with van der Waals surface area (Å²) in [7, 11) is 0. The Labute approximate surface area is 133 Å². The van der Waals surface area contributed by atoms with E-state index in [1.54, 1.807) is 6.92 Å². The lowest BCUT2D eigenvalue weighted by Crippen LogP contribution is -2.62. The lowest BCUT2D eigenvalue weighted by molar-refractivity contribution is -0.297. The second-order valence-corrected chi connectivity index (χ2v) is 4.95. The number of carbonyl (C=O) groups is 3. The van der Waals surface area contributed by atoms with Crippen LogP contribution in [0.3, 0.4) is 0 Å². The molecule has 0 radical (unpaired) electrons. The highest BCUT2D eigenvalue weighted by Crippen LogP contribution is 2.28. The smallest absolute Gasteiger partial charge is 0.303 e. The van der Waals surface area contributed by atoms with Crippen LogP contribution in [0.5, 0.6) is 0 Å². The summed E-state index contributed by atoms with van der Waals surface area (Å²) in [6.07, 6.45) is -6.06. The van der Waals surface area contributed by atoms with Crippen molar-refractivity contribution in [3.05, 3.63) is 0 Å². The molecule has 1 fully saturated rings. The van der Waals surface area contributed by atoms with E-state index in [2.05, 4.69) is 0 Å². The molecule has 23 heavy (non-hydrogen) atoms. The first-order valence-corrected chi connectivity index (χ1v) is 7.19. The Morgan fingerprint density at radius 1 is 0.913 bits per heavy atom. The Hall–Kier alpha value is -1.71. The molecule has 0 aromatic rings. The fraction of sp³-hybridized carbons (Fsp3) is 0.786. The SMILES string of the molecule is CCOC[C@H]1O[C@H](O)[C@@H](OC(C)=O)[C@@H](OC(C)=O)[C@@H]1OC(C)=O. The van der Waals surface area contributed by atoms with E-state index in [0.717, 1.165) is 13.8 Å². The zero-order valence-electron chi connectivity index (χ0n) is 13.5. The van der Waals surface area contributed by atoms with Crippen molar-refractivity contribution in [2.75, 3.05) is 13.2 Å². The molecule has 132 valence electrons. The van der Waals surface area contributed by atoms with E-state index in [1.165, 1.54) is 6.92 Å². The van der Waals surface area contributed by atoms with Gasteiger partial charge >= 0.3 is 17.9 Å². The van der Waals surface area contributed by atoms with Gasteiger partial charge in [-0.25, -0.2) is 0 Å². The summed E-state index contributed by atoms with van der Waals surface area (Å²) >= 11 is 0. The van der Waals surface area contributed by atoms with Crippen molar-refractivity contribution in [1.29, 1.82) is 0 Å². The standard InChI is InChI=1S/C14H22O9/c1-5-19-6-10-11(20-7(2)15)12(21-8(3)16)13(14(18)23-10)22-9(4)17/h10-14,18H,5-6H2,1-4H3/t10-,11-,12+,13+,14+/m1/s1. The summed E-state index contributed by atoms with van der Waals surface area (Å²) in [5.41, 5.74) is 0. The molecule has 0 bridgehead atoms. The second kappa shape index (κ2) is 8.80. The third kappa shape index (κ3) is 5.77. The van der Waals surface area contributed by atoms with Gasteiger partial charge in [-0.2, -0.15) is 0 Å². The number of aliphatic hydroxyl groups excluding tert-OH is 1. The van der Waals surface area contributed by atoms with Crippen molar-refractivity contribution in [1.82, 2.24) is 0 Å². The quantitative estimate of drug-likeness (QED) is 0.508. The topological polar surface area (TPSA) is 118 Å². The Morgan fingerprint density at radius 2 is 1.39 bits per heavy atom. The monoisotopic (exact) mass is 334 g/mol. The number of rotatable bonds is 6. The van der Waals surface area contributed by atoms with Crippen LogP contribution in [0.4, 0.5) is 0 Å². The lowest BCUT2D eigenvalue weighted by Gasteiger charge is -2.42. The fourth-order valence-corrected chi connectivity index (χ4v) is 2.24. The van der Waals surface area contributed by atoms with E-state index in [-0.39, 0.29) is 6.61 Å². The molecule has 9 nitrogen and oxygen atoms in total. The number of hydrogen-bond donors (Lipinski definition) is 1. The Balaban J connectivity index is 3.08. The van der Waals surface area contributed by atoms with E-state index >= 15 is 0 Å². The number of hydrogen-bond acceptors (Lipinski definition) is 9. The Morgan fingerprint density at radius 3 is 1.87 bits per heavy atom. The molecule has 9 heteroatoms. The minimum absolute atomic E-state index is 0.00391. The highest BCUT2D eigenvalue weighted by molar-refractivity contribution is 5.68.